The summed E-state index contributed by atoms with van der Waals surface area (Å²) in [5, 5.41) is 0. The van der Waals surface area contributed by atoms with Crippen LogP contribution in [0.25, 0.3) is 0 Å². The average molecular weight is 524 g/mol. The summed E-state index contributed by atoms with van der Waals surface area (Å²) >= 11 is 0. The van der Waals surface area contributed by atoms with Crippen LogP contribution in [0.2, 0.25) is 0 Å². The fourth-order valence-corrected chi connectivity index (χ4v) is 10.4. The summed E-state index contributed by atoms with van der Waals surface area (Å²) < 4.78 is 5.68. The molecule has 1 nitrogen and oxygen atoms in total. The van der Waals surface area contributed by atoms with Gasteiger partial charge in [0.05, 0.1) is 0 Å². The van der Waals surface area contributed by atoms with Gasteiger partial charge in [-0.05, 0) is 54.8 Å². The molecule has 1 aliphatic carbocycles. The number of nitrogens with zero attached hydrogens (tertiary/aromatic N) is 1. The number of hydrogen-bond donors (Lipinski definition) is 0. The van der Waals surface area contributed by atoms with E-state index in [1.807, 2.05) is 6.08 Å². The molecule has 0 aliphatic heterocycles. The minimum absolute atomic E-state index is 0. The monoisotopic (exact) mass is 523 g/mol. The van der Waals surface area contributed by atoms with Crippen molar-refractivity contribution in [2.24, 2.45) is 10.2 Å². The van der Waals surface area contributed by atoms with Crippen LogP contribution in [-0.4, -0.2) is 17.0 Å². The van der Waals surface area contributed by atoms with Crippen molar-refractivity contribution in [3.8, 4) is 0 Å². The third kappa shape index (κ3) is 13.9. The third-order valence-corrected chi connectivity index (χ3v) is 12.4. The Hall–Kier alpha value is -0.0957. The van der Waals surface area contributed by atoms with E-state index in [2.05, 4.69) is 93.2 Å². The van der Waals surface area contributed by atoms with Gasteiger partial charge in [0.15, 0.2) is 0 Å². The molecule has 0 radical (unpaired) electrons. The van der Waals surface area contributed by atoms with Crippen LogP contribution in [-0.2, 0) is 21.7 Å². The summed E-state index contributed by atoms with van der Waals surface area (Å²) in [6.45, 7) is 24.7. The van der Waals surface area contributed by atoms with Crippen LogP contribution in [0.4, 0.5) is 0 Å². The molecule has 3 unspecified atom stereocenters. The molecule has 1 aliphatic rings. The maximum absolute atomic E-state index is 5.68. The molecule has 0 aromatic heterocycles. The van der Waals surface area contributed by atoms with Crippen molar-refractivity contribution in [3.63, 3.8) is 0 Å². The van der Waals surface area contributed by atoms with E-state index in [0.29, 0.717) is 5.41 Å². The molecular weight excluding hydrogens is 465 g/mol. The fraction of sp³-hybridized carbons (Fsp3) is 0.742. The van der Waals surface area contributed by atoms with E-state index in [4.69, 9.17) is 4.74 Å². The van der Waals surface area contributed by atoms with E-state index in [0.717, 1.165) is 23.4 Å². The summed E-state index contributed by atoms with van der Waals surface area (Å²) in [5.41, 5.74) is 3.98. The fourth-order valence-electron chi connectivity index (χ4n) is 4.81. The molecule has 1 rings (SSSR count). The first-order valence-electron chi connectivity index (χ1n) is 13.9. The van der Waals surface area contributed by atoms with Crippen LogP contribution in [0.15, 0.2) is 53.5 Å². The van der Waals surface area contributed by atoms with Gasteiger partial charge in [-0.1, -0.05) is 138 Å². The van der Waals surface area contributed by atoms with Crippen LogP contribution in [0, 0.1) is 5.41 Å². The van der Waals surface area contributed by atoms with Crippen LogP contribution in [0.5, 0.6) is 0 Å². The molecule has 0 saturated carbocycles. The molecule has 3 atom stereocenters. The Morgan fingerprint density at radius 1 is 0.912 bits per heavy atom. The first-order valence-corrected chi connectivity index (χ1v) is 15.8. The number of rotatable bonds is 14. The van der Waals surface area contributed by atoms with Gasteiger partial charge in [-0.3, -0.25) is 4.74 Å². The number of unbranched alkanes of at least 4 members (excludes halogenated alkanes) is 3. The Morgan fingerprint density at radius 3 is 1.62 bits per heavy atom. The standard InChI is InChI=1S/C23H44NP.C8H14.Ti/c1-7-10-15-20(4)25(21(5)16-11-8-2,22(6)17-12-9-3)24-23-18-13-14-19-23;1-5-6-7-8(2,3)4;/h13-14,18,20-22H,7-12,15-17,19H2,1-6H3;5-7H,1H2,2-4H3;. The third-order valence-electron chi connectivity index (χ3n) is 6.83. The summed E-state index contributed by atoms with van der Waals surface area (Å²) in [7, 11) is -1.39. The van der Waals surface area contributed by atoms with Crippen LogP contribution in [0.3, 0.4) is 0 Å². The van der Waals surface area contributed by atoms with Crippen molar-refractivity contribution in [3.05, 3.63) is 48.7 Å². The van der Waals surface area contributed by atoms with Gasteiger partial charge < -0.3 is 0 Å². The van der Waals surface area contributed by atoms with E-state index in [-0.39, 0.29) is 21.7 Å². The summed E-state index contributed by atoms with van der Waals surface area (Å²) in [5.74, 6) is 0. The van der Waals surface area contributed by atoms with E-state index in [1.54, 1.807) is 6.08 Å². The van der Waals surface area contributed by atoms with Crippen LogP contribution in [0.1, 0.15) is 127 Å². The molecule has 0 spiro atoms. The first-order chi connectivity index (χ1) is 15.6. The van der Waals surface area contributed by atoms with Crippen molar-refractivity contribution in [2.45, 2.75) is 143 Å². The molecule has 0 aromatic rings. The molecular formula is C31H58NPTi. The summed E-state index contributed by atoms with van der Waals surface area (Å²) in [6.07, 6.45) is 25.8. The van der Waals surface area contributed by atoms with E-state index >= 15 is 0 Å². The van der Waals surface area contributed by atoms with Gasteiger partial charge in [0.25, 0.3) is 0 Å². The normalized spacial score (nSPS) is 17.6. The zero-order valence-electron chi connectivity index (χ0n) is 24.4. The molecule has 0 aromatic carbocycles. The van der Waals surface area contributed by atoms with E-state index in [9.17, 15) is 0 Å². The zero-order chi connectivity index (χ0) is 25.3. The minimum atomic E-state index is -1.39. The van der Waals surface area contributed by atoms with Crippen molar-refractivity contribution < 1.29 is 21.7 Å². The minimum Gasteiger partial charge on any atom is -0.271 e. The van der Waals surface area contributed by atoms with Crippen molar-refractivity contribution in [2.75, 3.05) is 0 Å². The first kappa shape index (κ1) is 36.1. The molecule has 0 heterocycles. The topological polar surface area (TPSA) is 12.4 Å². The SMILES string of the molecule is C=CC=CC(C)(C)C.CCCCC(C)P(=NC1=CC=CC1)(C(C)CCCC)C(C)CCCC.[Ti]. The van der Waals surface area contributed by atoms with Gasteiger partial charge in [0.1, 0.15) is 0 Å². The molecule has 0 N–H and O–H groups in total. The van der Waals surface area contributed by atoms with Gasteiger partial charge in [-0.25, -0.2) is 0 Å². The number of hydrogen-bond acceptors (Lipinski definition) is 1. The van der Waals surface area contributed by atoms with Crippen LogP contribution >= 0.6 is 7.05 Å². The Labute approximate surface area is 230 Å². The molecule has 34 heavy (non-hydrogen) atoms. The predicted octanol–water partition coefficient (Wildman–Crippen LogP) is 11.5. The predicted molar refractivity (Wildman–Crippen MR) is 157 cm³/mol. The average Bonchev–Trinajstić information content (AvgIpc) is 3.29. The molecule has 0 saturated heterocycles. The quantitative estimate of drug-likeness (QED) is 0.122. The largest absolute Gasteiger partial charge is 0.271 e. The second kappa shape index (κ2) is 20.0. The Balaban J connectivity index is 0. The zero-order valence-corrected chi connectivity index (χ0v) is 26.8. The molecule has 196 valence electrons. The van der Waals surface area contributed by atoms with Crippen molar-refractivity contribution >= 4 is 7.05 Å². The van der Waals surface area contributed by atoms with Gasteiger partial charge in [-0.2, -0.15) is 0 Å². The van der Waals surface area contributed by atoms with Crippen LogP contribution < -0.4 is 0 Å². The summed E-state index contributed by atoms with van der Waals surface area (Å²) in [4.78, 5) is 0. The van der Waals surface area contributed by atoms with Gasteiger partial charge in [0, 0.05) is 33.8 Å². The molecule has 0 fully saturated rings. The Morgan fingerprint density at radius 2 is 1.35 bits per heavy atom. The smallest absolute Gasteiger partial charge is 0.0425 e. The van der Waals surface area contributed by atoms with Gasteiger partial charge in [-0.15, -0.1) is 0 Å². The second-order valence-electron chi connectivity index (χ2n) is 11.1. The second-order valence-corrected chi connectivity index (χ2v) is 15.6. The molecule has 0 bridgehead atoms. The van der Waals surface area contributed by atoms with Gasteiger partial charge >= 0.3 is 0 Å². The number of allylic oxidation sites excluding steroid dienone is 6. The maximum Gasteiger partial charge on any atom is 0.0425 e. The van der Waals surface area contributed by atoms with Crippen molar-refractivity contribution in [1.82, 2.24) is 0 Å². The Bertz CT molecular complexity index is 623. The van der Waals surface area contributed by atoms with E-state index in [1.165, 1.54) is 63.5 Å². The maximum atomic E-state index is 5.68. The van der Waals surface area contributed by atoms with Crippen molar-refractivity contribution in [1.29, 1.82) is 0 Å². The molecule has 0 amide bonds. The molecule has 3 heteroatoms. The van der Waals surface area contributed by atoms with E-state index < -0.39 is 7.05 Å². The summed E-state index contributed by atoms with van der Waals surface area (Å²) in [6, 6.07) is 0. The Kier molecular flexibility index (Phi) is 21.2. The van der Waals surface area contributed by atoms with Gasteiger partial charge in [0.2, 0.25) is 0 Å².